The zero-order chi connectivity index (χ0) is 13.5. The largest absolute Gasteiger partial charge is 0.384 e. The van der Waals surface area contributed by atoms with E-state index in [0.29, 0.717) is 10.8 Å². The summed E-state index contributed by atoms with van der Waals surface area (Å²) >= 11 is 1.86. The first-order valence-electron chi connectivity index (χ1n) is 6.23. The molecule has 2 rings (SSSR count). The van der Waals surface area contributed by atoms with Crippen LogP contribution in [-0.4, -0.2) is 11.8 Å². The van der Waals surface area contributed by atoms with Crippen molar-refractivity contribution in [2.75, 3.05) is 11.9 Å². The molecule has 0 bridgehead atoms. The van der Waals surface area contributed by atoms with Gasteiger partial charge < -0.3 is 5.32 Å². The summed E-state index contributed by atoms with van der Waals surface area (Å²) in [7, 11) is 0. The molecule has 0 aliphatic carbocycles. The first kappa shape index (κ1) is 13.5. The number of benzene rings is 2. The van der Waals surface area contributed by atoms with Crippen molar-refractivity contribution in [3.8, 4) is 6.07 Å². The first-order valence-corrected chi connectivity index (χ1v) is 7.11. The number of hydrogen-bond donors (Lipinski definition) is 1. The van der Waals surface area contributed by atoms with Crippen LogP contribution in [-0.2, 0) is 0 Å². The zero-order valence-corrected chi connectivity index (χ0v) is 11.7. The number of rotatable bonds is 5. The fraction of sp³-hybridized carbons (Fsp3) is 0.188. The maximum atomic E-state index is 8.74. The molecule has 1 atom stereocenters. The summed E-state index contributed by atoms with van der Waals surface area (Å²) in [6.45, 7) is 3.10. The van der Waals surface area contributed by atoms with Gasteiger partial charge in [-0.15, -0.1) is 11.8 Å². The van der Waals surface area contributed by atoms with Crippen molar-refractivity contribution in [3.63, 3.8) is 0 Å². The molecule has 2 aromatic carbocycles. The second-order valence-corrected chi connectivity index (χ2v) is 5.82. The minimum absolute atomic E-state index is 0.484. The second kappa shape index (κ2) is 6.86. The monoisotopic (exact) mass is 268 g/mol. The Morgan fingerprint density at radius 2 is 1.79 bits per heavy atom. The van der Waals surface area contributed by atoms with Gasteiger partial charge in [0.25, 0.3) is 0 Å². The zero-order valence-electron chi connectivity index (χ0n) is 10.8. The molecule has 1 unspecified atom stereocenters. The fourth-order valence-corrected chi connectivity index (χ4v) is 2.64. The highest BCUT2D eigenvalue weighted by Gasteiger charge is 2.04. The third-order valence-corrected chi connectivity index (χ3v) is 3.80. The van der Waals surface area contributed by atoms with Crippen LogP contribution in [0.1, 0.15) is 12.5 Å². The van der Waals surface area contributed by atoms with Crippen LogP contribution in [0.4, 0.5) is 5.69 Å². The summed E-state index contributed by atoms with van der Waals surface area (Å²) in [5.41, 5.74) is 1.75. The van der Waals surface area contributed by atoms with Gasteiger partial charge in [-0.2, -0.15) is 5.26 Å². The van der Waals surface area contributed by atoms with Crippen LogP contribution in [0.2, 0.25) is 0 Å². The summed E-state index contributed by atoms with van der Waals surface area (Å²) in [4.78, 5) is 1.29. The highest BCUT2D eigenvalue weighted by molar-refractivity contribution is 8.00. The Hall–Kier alpha value is -1.92. The van der Waals surface area contributed by atoms with E-state index in [2.05, 4.69) is 42.6 Å². The van der Waals surface area contributed by atoms with Crippen molar-refractivity contribution < 1.29 is 0 Å². The number of hydrogen-bond acceptors (Lipinski definition) is 3. The lowest BCUT2D eigenvalue weighted by atomic mass is 10.2. The highest BCUT2D eigenvalue weighted by atomic mass is 32.2. The quantitative estimate of drug-likeness (QED) is 0.827. The minimum Gasteiger partial charge on any atom is -0.384 e. The van der Waals surface area contributed by atoms with E-state index in [1.54, 1.807) is 0 Å². The van der Waals surface area contributed by atoms with Crippen molar-refractivity contribution in [2.24, 2.45) is 0 Å². The molecule has 0 saturated heterocycles. The van der Waals surface area contributed by atoms with E-state index in [1.807, 2.05) is 42.1 Å². The molecule has 2 nitrogen and oxygen atoms in total. The van der Waals surface area contributed by atoms with Crippen molar-refractivity contribution in [1.29, 1.82) is 5.26 Å². The Morgan fingerprint density at radius 3 is 2.42 bits per heavy atom. The summed E-state index contributed by atoms with van der Waals surface area (Å²) in [6.07, 6.45) is 0. The van der Waals surface area contributed by atoms with Crippen LogP contribution in [0.5, 0.6) is 0 Å². The molecular formula is C16H16N2S. The average Bonchev–Trinajstić information content (AvgIpc) is 2.47. The summed E-state index contributed by atoms with van der Waals surface area (Å²) in [5, 5.41) is 12.6. The van der Waals surface area contributed by atoms with E-state index in [9.17, 15) is 0 Å². The molecule has 19 heavy (non-hydrogen) atoms. The van der Waals surface area contributed by atoms with E-state index < -0.39 is 0 Å². The van der Waals surface area contributed by atoms with Gasteiger partial charge in [0, 0.05) is 22.4 Å². The lowest BCUT2D eigenvalue weighted by molar-refractivity contribution is 0.999. The van der Waals surface area contributed by atoms with Gasteiger partial charge in [0.1, 0.15) is 0 Å². The molecule has 1 N–H and O–H groups in total. The lowest BCUT2D eigenvalue weighted by Gasteiger charge is -2.13. The Kier molecular flexibility index (Phi) is 4.88. The lowest BCUT2D eigenvalue weighted by Crippen LogP contribution is -2.12. The molecule has 0 fully saturated rings. The predicted molar refractivity (Wildman–Crippen MR) is 81.4 cm³/mol. The maximum absolute atomic E-state index is 8.74. The Labute approximate surface area is 118 Å². The molecule has 0 heterocycles. The molecular weight excluding hydrogens is 252 g/mol. The topological polar surface area (TPSA) is 35.8 Å². The third-order valence-electron chi connectivity index (χ3n) is 2.69. The SMILES string of the molecule is CC(CNc1ccc(C#N)cc1)Sc1ccccc1. The van der Waals surface area contributed by atoms with Crippen LogP contribution in [0, 0.1) is 11.3 Å². The number of nitrogens with zero attached hydrogens (tertiary/aromatic N) is 1. The van der Waals surface area contributed by atoms with Crippen molar-refractivity contribution in [1.82, 2.24) is 0 Å². The molecule has 0 aliphatic heterocycles. The van der Waals surface area contributed by atoms with E-state index >= 15 is 0 Å². The van der Waals surface area contributed by atoms with Gasteiger partial charge in [-0.3, -0.25) is 0 Å². The number of thioether (sulfide) groups is 1. The summed E-state index contributed by atoms with van der Waals surface area (Å²) in [6, 6.07) is 20.1. The van der Waals surface area contributed by atoms with Crippen LogP contribution in [0.3, 0.4) is 0 Å². The molecule has 2 aromatic rings. The van der Waals surface area contributed by atoms with Gasteiger partial charge in [0.05, 0.1) is 11.6 Å². The van der Waals surface area contributed by atoms with Crippen molar-refractivity contribution >= 4 is 17.4 Å². The van der Waals surface area contributed by atoms with E-state index in [-0.39, 0.29) is 0 Å². The summed E-state index contributed by atoms with van der Waals surface area (Å²) < 4.78 is 0. The van der Waals surface area contributed by atoms with Crippen molar-refractivity contribution in [3.05, 3.63) is 60.2 Å². The number of anilines is 1. The van der Waals surface area contributed by atoms with Gasteiger partial charge >= 0.3 is 0 Å². The molecule has 96 valence electrons. The van der Waals surface area contributed by atoms with E-state index in [4.69, 9.17) is 5.26 Å². The van der Waals surface area contributed by atoms with Crippen LogP contribution < -0.4 is 5.32 Å². The Bertz CT molecular complexity index is 543. The molecule has 3 heteroatoms. The van der Waals surface area contributed by atoms with Crippen LogP contribution >= 0.6 is 11.8 Å². The normalized spacial score (nSPS) is 11.6. The molecule has 0 radical (unpaired) electrons. The van der Waals surface area contributed by atoms with Gasteiger partial charge in [-0.05, 0) is 36.4 Å². The predicted octanol–water partition coefficient (Wildman–Crippen LogP) is 4.15. The maximum Gasteiger partial charge on any atom is 0.0991 e. The molecule has 0 aromatic heterocycles. The van der Waals surface area contributed by atoms with Crippen LogP contribution in [0.15, 0.2) is 59.5 Å². The second-order valence-electron chi connectivity index (χ2n) is 4.31. The fourth-order valence-electron chi connectivity index (χ4n) is 1.70. The first-order chi connectivity index (χ1) is 9.28. The highest BCUT2D eigenvalue weighted by Crippen LogP contribution is 2.22. The van der Waals surface area contributed by atoms with Crippen molar-refractivity contribution in [2.45, 2.75) is 17.1 Å². The molecule has 0 aliphatic rings. The molecule has 0 amide bonds. The average molecular weight is 268 g/mol. The number of nitriles is 1. The third kappa shape index (κ3) is 4.35. The van der Waals surface area contributed by atoms with E-state index in [0.717, 1.165) is 12.2 Å². The van der Waals surface area contributed by atoms with Crippen LogP contribution in [0.25, 0.3) is 0 Å². The van der Waals surface area contributed by atoms with Gasteiger partial charge in [-0.1, -0.05) is 25.1 Å². The summed E-state index contributed by atoms with van der Waals surface area (Å²) in [5.74, 6) is 0. The standard InChI is InChI=1S/C16H16N2S/c1-13(19-16-5-3-2-4-6-16)12-18-15-9-7-14(11-17)8-10-15/h2-10,13,18H,12H2,1H3. The van der Waals surface area contributed by atoms with Gasteiger partial charge in [0.15, 0.2) is 0 Å². The Morgan fingerprint density at radius 1 is 1.11 bits per heavy atom. The molecule has 0 spiro atoms. The minimum atomic E-state index is 0.484. The van der Waals surface area contributed by atoms with Gasteiger partial charge in [0.2, 0.25) is 0 Å². The Balaban J connectivity index is 1.83. The molecule has 0 saturated carbocycles. The smallest absolute Gasteiger partial charge is 0.0991 e. The van der Waals surface area contributed by atoms with Gasteiger partial charge in [-0.25, -0.2) is 0 Å². The number of nitrogens with one attached hydrogen (secondary N) is 1. The van der Waals surface area contributed by atoms with E-state index in [1.165, 1.54) is 4.90 Å².